The van der Waals surface area contributed by atoms with Crippen LogP contribution in [0, 0.1) is 18.3 Å². The van der Waals surface area contributed by atoms with Gasteiger partial charge < -0.3 is 10.1 Å². The number of aryl methyl sites for hydroxylation is 1. The molecule has 1 aromatic heterocycles. The van der Waals surface area contributed by atoms with Crippen molar-refractivity contribution < 1.29 is 14.3 Å². The summed E-state index contributed by atoms with van der Waals surface area (Å²) in [7, 11) is 0. The number of ether oxygens (including phenoxy) is 1. The van der Waals surface area contributed by atoms with Crippen molar-refractivity contribution in [2.24, 2.45) is 11.3 Å². The molecule has 0 aliphatic rings. The molecule has 0 spiro atoms. The predicted molar refractivity (Wildman–Crippen MR) is 77.2 cm³/mol. The Labute approximate surface area is 119 Å². The van der Waals surface area contributed by atoms with E-state index in [4.69, 9.17) is 4.74 Å². The number of anilines is 1. The molecule has 0 aromatic carbocycles. The maximum atomic E-state index is 12.3. The number of aromatic nitrogens is 1. The number of esters is 1. The first-order chi connectivity index (χ1) is 9.25. The van der Waals surface area contributed by atoms with E-state index in [1.165, 1.54) is 0 Å². The summed E-state index contributed by atoms with van der Waals surface area (Å²) in [6, 6.07) is 3.55. The number of nitrogens with zero attached hydrogens (tertiary/aromatic N) is 1. The van der Waals surface area contributed by atoms with Gasteiger partial charge in [0.25, 0.3) is 0 Å². The summed E-state index contributed by atoms with van der Waals surface area (Å²) < 4.78 is 4.99. The van der Waals surface area contributed by atoms with Crippen molar-refractivity contribution >= 4 is 17.7 Å². The molecular formula is C15H22N2O3. The number of carbonyl (C=O) groups is 2. The molecule has 0 aliphatic heterocycles. The fourth-order valence-electron chi connectivity index (χ4n) is 1.82. The molecule has 1 amide bonds. The van der Waals surface area contributed by atoms with E-state index in [0.717, 1.165) is 5.56 Å². The molecule has 0 saturated heterocycles. The first-order valence-corrected chi connectivity index (χ1v) is 6.66. The van der Waals surface area contributed by atoms with E-state index in [1.54, 1.807) is 19.2 Å². The van der Waals surface area contributed by atoms with E-state index in [9.17, 15) is 9.59 Å². The van der Waals surface area contributed by atoms with Crippen molar-refractivity contribution in [3.8, 4) is 0 Å². The topological polar surface area (TPSA) is 68.3 Å². The highest BCUT2D eigenvalue weighted by Gasteiger charge is 2.39. The summed E-state index contributed by atoms with van der Waals surface area (Å²) in [5.74, 6) is -1.35. The lowest BCUT2D eigenvalue weighted by molar-refractivity contribution is -0.155. The Morgan fingerprint density at radius 3 is 2.45 bits per heavy atom. The molecule has 20 heavy (non-hydrogen) atoms. The Balaban J connectivity index is 2.88. The van der Waals surface area contributed by atoms with Gasteiger partial charge in [-0.25, -0.2) is 4.98 Å². The maximum Gasteiger partial charge on any atom is 0.319 e. The third kappa shape index (κ3) is 4.33. The molecule has 1 aromatic rings. The molecule has 0 radical (unpaired) electrons. The minimum Gasteiger partial charge on any atom is -0.465 e. The molecule has 0 bridgehead atoms. The van der Waals surface area contributed by atoms with Crippen LogP contribution < -0.4 is 5.32 Å². The van der Waals surface area contributed by atoms with Crippen LogP contribution in [0.2, 0.25) is 0 Å². The zero-order chi connectivity index (χ0) is 15.3. The van der Waals surface area contributed by atoms with Crippen LogP contribution in [0.5, 0.6) is 0 Å². The van der Waals surface area contributed by atoms with Crippen LogP contribution in [0.15, 0.2) is 18.3 Å². The Bertz CT molecular complexity index is 475. The quantitative estimate of drug-likeness (QED) is 0.679. The second kappa shape index (κ2) is 6.50. The first-order valence-electron chi connectivity index (χ1n) is 6.66. The van der Waals surface area contributed by atoms with Crippen LogP contribution >= 0.6 is 0 Å². The van der Waals surface area contributed by atoms with Gasteiger partial charge in [0.05, 0.1) is 6.61 Å². The largest absolute Gasteiger partial charge is 0.465 e. The van der Waals surface area contributed by atoms with Crippen molar-refractivity contribution in [2.45, 2.75) is 34.6 Å². The summed E-state index contributed by atoms with van der Waals surface area (Å²) in [5, 5.41) is 2.66. The van der Waals surface area contributed by atoms with Crippen molar-refractivity contribution in [3.05, 3.63) is 23.9 Å². The number of carbonyl (C=O) groups excluding carboxylic acids is 2. The van der Waals surface area contributed by atoms with Crippen molar-refractivity contribution in [1.82, 2.24) is 4.98 Å². The summed E-state index contributed by atoms with van der Waals surface area (Å²) in [6.45, 7) is 9.37. The van der Waals surface area contributed by atoms with Gasteiger partial charge in [-0.3, -0.25) is 9.59 Å². The zero-order valence-corrected chi connectivity index (χ0v) is 12.7. The van der Waals surface area contributed by atoms with E-state index in [2.05, 4.69) is 10.3 Å². The Morgan fingerprint density at radius 1 is 1.35 bits per heavy atom. The van der Waals surface area contributed by atoms with Crippen LogP contribution in [0.4, 0.5) is 5.82 Å². The van der Waals surface area contributed by atoms with E-state index in [-0.39, 0.29) is 6.61 Å². The molecule has 5 heteroatoms. The lowest BCUT2D eigenvalue weighted by atomic mass is 9.80. The van der Waals surface area contributed by atoms with E-state index >= 15 is 0 Å². The number of amides is 1. The fraction of sp³-hybridized carbons (Fsp3) is 0.533. The van der Waals surface area contributed by atoms with Gasteiger partial charge in [-0.05, 0) is 30.9 Å². The van der Waals surface area contributed by atoms with Crippen LogP contribution in [0.1, 0.15) is 33.3 Å². The second-order valence-corrected chi connectivity index (χ2v) is 5.76. The predicted octanol–water partition coefficient (Wildman–Crippen LogP) is 2.55. The fourth-order valence-corrected chi connectivity index (χ4v) is 1.82. The molecule has 110 valence electrons. The average molecular weight is 278 g/mol. The maximum absolute atomic E-state index is 12.3. The highest BCUT2D eigenvalue weighted by Crippen LogP contribution is 2.28. The zero-order valence-electron chi connectivity index (χ0n) is 12.7. The minimum atomic E-state index is -0.870. The molecule has 5 nitrogen and oxygen atoms in total. The third-order valence-corrected chi connectivity index (χ3v) is 2.81. The van der Waals surface area contributed by atoms with Gasteiger partial charge in [-0.2, -0.15) is 0 Å². The molecule has 1 atom stereocenters. The number of pyridine rings is 1. The van der Waals surface area contributed by atoms with E-state index in [1.807, 2.05) is 33.8 Å². The Kier molecular flexibility index (Phi) is 5.25. The average Bonchev–Trinajstić information content (AvgIpc) is 2.30. The normalized spacial score (nSPS) is 12.7. The van der Waals surface area contributed by atoms with Crippen LogP contribution in [0.25, 0.3) is 0 Å². The van der Waals surface area contributed by atoms with E-state index < -0.39 is 23.2 Å². The summed E-state index contributed by atoms with van der Waals surface area (Å²) in [4.78, 5) is 28.4. The smallest absolute Gasteiger partial charge is 0.319 e. The highest BCUT2D eigenvalue weighted by molar-refractivity contribution is 6.05. The SMILES string of the molecule is CCOC(=O)C(C(=O)Nc1ccc(C)cn1)C(C)(C)C. The van der Waals surface area contributed by atoms with Gasteiger partial charge in [-0.15, -0.1) is 0 Å². The van der Waals surface area contributed by atoms with Crippen molar-refractivity contribution in [2.75, 3.05) is 11.9 Å². The number of nitrogens with one attached hydrogen (secondary N) is 1. The standard InChI is InChI=1S/C15H22N2O3/c1-6-20-14(19)12(15(3,4)5)13(18)17-11-8-7-10(2)9-16-11/h7-9,12H,6H2,1-5H3,(H,16,17,18). The van der Waals surface area contributed by atoms with Crippen LogP contribution in [0.3, 0.4) is 0 Å². The molecule has 0 fully saturated rings. The molecule has 0 saturated carbocycles. The number of hydrogen-bond donors (Lipinski definition) is 1. The molecule has 1 unspecified atom stereocenters. The Morgan fingerprint density at radius 2 is 2.00 bits per heavy atom. The summed E-state index contributed by atoms with van der Waals surface area (Å²) in [5.41, 5.74) is 0.474. The molecular weight excluding hydrogens is 256 g/mol. The van der Waals surface area contributed by atoms with Gasteiger partial charge in [0.1, 0.15) is 11.7 Å². The van der Waals surface area contributed by atoms with Gasteiger partial charge >= 0.3 is 5.97 Å². The van der Waals surface area contributed by atoms with Gasteiger partial charge in [-0.1, -0.05) is 26.8 Å². The lowest BCUT2D eigenvalue weighted by Gasteiger charge is -2.27. The van der Waals surface area contributed by atoms with Gasteiger partial charge in [0.2, 0.25) is 5.91 Å². The molecule has 1 N–H and O–H groups in total. The third-order valence-electron chi connectivity index (χ3n) is 2.81. The lowest BCUT2D eigenvalue weighted by Crippen LogP contribution is -2.40. The van der Waals surface area contributed by atoms with Gasteiger partial charge in [0.15, 0.2) is 0 Å². The summed E-state index contributed by atoms with van der Waals surface area (Å²) in [6.07, 6.45) is 1.66. The summed E-state index contributed by atoms with van der Waals surface area (Å²) >= 11 is 0. The van der Waals surface area contributed by atoms with Crippen LogP contribution in [-0.2, 0) is 14.3 Å². The van der Waals surface area contributed by atoms with Crippen LogP contribution in [-0.4, -0.2) is 23.5 Å². The molecule has 1 heterocycles. The van der Waals surface area contributed by atoms with Crippen molar-refractivity contribution in [3.63, 3.8) is 0 Å². The first kappa shape index (κ1) is 16.1. The highest BCUT2D eigenvalue weighted by atomic mass is 16.5. The van der Waals surface area contributed by atoms with Gasteiger partial charge in [0, 0.05) is 6.20 Å². The monoisotopic (exact) mass is 278 g/mol. The van der Waals surface area contributed by atoms with E-state index in [0.29, 0.717) is 5.82 Å². The number of hydrogen-bond acceptors (Lipinski definition) is 4. The number of rotatable bonds is 4. The minimum absolute atomic E-state index is 0.251. The van der Waals surface area contributed by atoms with Crippen molar-refractivity contribution in [1.29, 1.82) is 0 Å². The Hall–Kier alpha value is -1.91. The second-order valence-electron chi connectivity index (χ2n) is 5.76. The molecule has 1 rings (SSSR count). The molecule has 0 aliphatic carbocycles.